The van der Waals surface area contributed by atoms with Crippen LogP contribution in [-0.2, 0) is 13.1 Å². The molecule has 0 fully saturated rings. The van der Waals surface area contributed by atoms with Gasteiger partial charge in [0.2, 0.25) is 0 Å². The van der Waals surface area contributed by atoms with Crippen molar-refractivity contribution in [3.8, 4) is 17.5 Å². The Hall–Kier alpha value is -2.90. The van der Waals surface area contributed by atoms with Gasteiger partial charge in [0.05, 0.1) is 11.6 Å². The third-order valence-electron chi connectivity index (χ3n) is 3.81. The predicted octanol–water partition coefficient (Wildman–Crippen LogP) is 3.53. The van der Waals surface area contributed by atoms with E-state index in [1.54, 1.807) is 6.20 Å². The van der Waals surface area contributed by atoms with Crippen molar-refractivity contribution in [3.63, 3.8) is 0 Å². The van der Waals surface area contributed by atoms with Crippen LogP contribution in [0.4, 0.5) is 0 Å². The van der Waals surface area contributed by atoms with Gasteiger partial charge in [-0.15, -0.1) is 0 Å². The maximum Gasteiger partial charge on any atom is 0.140 e. The van der Waals surface area contributed by atoms with E-state index in [4.69, 9.17) is 5.26 Å². The molecule has 0 amide bonds. The van der Waals surface area contributed by atoms with E-state index in [0.29, 0.717) is 5.56 Å². The van der Waals surface area contributed by atoms with E-state index >= 15 is 0 Å². The van der Waals surface area contributed by atoms with E-state index in [1.807, 2.05) is 30.5 Å². The number of nitriles is 1. The fraction of sp³-hybridized carbons (Fsp3) is 0.200. The highest BCUT2D eigenvalue weighted by Gasteiger charge is 2.08. The van der Waals surface area contributed by atoms with Crippen LogP contribution in [0.5, 0.6) is 0 Å². The molecule has 3 rings (SSSR count). The molecule has 0 radical (unpaired) electrons. The number of nitrogens with zero attached hydrogens (tertiary/aromatic N) is 4. The maximum atomic E-state index is 9.09. The van der Waals surface area contributed by atoms with Crippen LogP contribution in [-0.4, -0.2) is 28.5 Å². The van der Waals surface area contributed by atoms with Crippen LogP contribution in [0.2, 0.25) is 0 Å². The van der Waals surface area contributed by atoms with Gasteiger partial charge in [0.25, 0.3) is 0 Å². The van der Waals surface area contributed by atoms with Crippen LogP contribution < -0.4 is 0 Å². The zero-order valence-corrected chi connectivity index (χ0v) is 14.0. The Bertz CT molecular complexity index is 871. The molecule has 120 valence electrons. The Morgan fingerprint density at radius 3 is 2.67 bits per heavy atom. The molecule has 0 spiro atoms. The minimum atomic E-state index is 0.648. The summed E-state index contributed by atoms with van der Waals surface area (Å²) in [4.78, 5) is 6.64. The number of hydrogen-bond donors (Lipinski definition) is 0. The highest BCUT2D eigenvalue weighted by Crippen LogP contribution is 2.20. The van der Waals surface area contributed by atoms with Crippen LogP contribution in [0.15, 0.2) is 60.9 Å². The molecule has 0 N–H and O–H groups in total. The molecule has 1 heterocycles. The molecule has 24 heavy (non-hydrogen) atoms. The molecule has 3 aromatic rings. The zero-order chi connectivity index (χ0) is 16.9. The minimum absolute atomic E-state index is 0.648. The number of rotatable bonds is 5. The molecule has 0 unspecified atom stereocenters. The summed E-state index contributed by atoms with van der Waals surface area (Å²) in [6, 6.07) is 18.4. The van der Waals surface area contributed by atoms with Gasteiger partial charge in [-0.2, -0.15) is 5.26 Å². The van der Waals surface area contributed by atoms with Gasteiger partial charge in [-0.25, -0.2) is 4.98 Å². The molecular weight excluding hydrogens is 296 g/mol. The summed E-state index contributed by atoms with van der Waals surface area (Å²) in [5.74, 6) is 0.880. The smallest absolute Gasteiger partial charge is 0.140 e. The molecule has 0 saturated carbocycles. The average molecular weight is 316 g/mol. The molecule has 0 aliphatic rings. The second-order valence-electron chi connectivity index (χ2n) is 6.13. The average Bonchev–Trinajstić information content (AvgIpc) is 3.03. The second kappa shape index (κ2) is 7.12. The van der Waals surface area contributed by atoms with E-state index in [9.17, 15) is 0 Å². The molecule has 0 saturated heterocycles. The van der Waals surface area contributed by atoms with Crippen LogP contribution in [0.1, 0.15) is 16.7 Å². The lowest BCUT2D eigenvalue weighted by atomic mass is 10.1. The summed E-state index contributed by atoms with van der Waals surface area (Å²) < 4.78 is 2.12. The lowest BCUT2D eigenvalue weighted by molar-refractivity contribution is 0.402. The summed E-state index contributed by atoms with van der Waals surface area (Å²) in [6.07, 6.45) is 3.78. The Labute approximate surface area is 142 Å². The van der Waals surface area contributed by atoms with Gasteiger partial charge in [-0.1, -0.05) is 36.4 Å². The molecule has 0 bridgehead atoms. The van der Waals surface area contributed by atoms with E-state index in [-0.39, 0.29) is 0 Å². The van der Waals surface area contributed by atoms with Crippen molar-refractivity contribution in [3.05, 3.63) is 77.6 Å². The van der Waals surface area contributed by atoms with Gasteiger partial charge in [0, 0.05) is 31.0 Å². The summed E-state index contributed by atoms with van der Waals surface area (Å²) >= 11 is 0. The topological polar surface area (TPSA) is 44.9 Å². The molecule has 1 aromatic heterocycles. The third kappa shape index (κ3) is 3.70. The first-order chi connectivity index (χ1) is 11.7. The summed E-state index contributed by atoms with van der Waals surface area (Å²) in [5.41, 5.74) is 4.15. The van der Waals surface area contributed by atoms with Gasteiger partial charge in [-0.3, -0.25) is 0 Å². The quantitative estimate of drug-likeness (QED) is 0.723. The number of aromatic nitrogens is 2. The van der Waals surface area contributed by atoms with Crippen molar-refractivity contribution in [1.29, 1.82) is 5.26 Å². The first kappa shape index (κ1) is 16.0. The summed E-state index contributed by atoms with van der Waals surface area (Å²) in [5, 5.41) is 9.09. The molecule has 0 aliphatic heterocycles. The van der Waals surface area contributed by atoms with Crippen molar-refractivity contribution >= 4 is 0 Å². The molecule has 0 aliphatic carbocycles. The van der Waals surface area contributed by atoms with Gasteiger partial charge in [0.15, 0.2) is 0 Å². The van der Waals surface area contributed by atoms with Crippen molar-refractivity contribution in [1.82, 2.24) is 14.5 Å². The fourth-order valence-corrected chi connectivity index (χ4v) is 2.81. The van der Waals surface area contributed by atoms with Crippen LogP contribution in [0.3, 0.4) is 0 Å². The molecule has 0 atom stereocenters. The second-order valence-corrected chi connectivity index (χ2v) is 6.13. The number of benzene rings is 2. The number of hydrogen-bond acceptors (Lipinski definition) is 3. The van der Waals surface area contributed by atoms with Gasteiger partial charge >= 0.3 is 0 Å². The normalized spacial score (nSPS) is 10.8. The van der Waals surface area contributed by atoms with Gasteiger partial charge < -0.3 is 9.47 Å². The van der Waals surface area contributed by atoms with Crippen molar-refractivity contribution in [2.24, 2.45) is 0 Å². The molecule has 4 heteroatoms. The largest absolute Gasteiger partial charge is 0.327 e. The monoisotopic (exact) mass is 316 g/mol. The highest BCUT2D eigenvalue weighted by molar-refractivity contribution is 5.58. The van der Waals surface area contributed by atoms with Crippen molar-refractivity contribution in [2.45, 2.75) is 13.1 Å². The molecule has 4 nitrogen and oxygen atoms in total. The Morgan fingerprint density at radius 2 is 1.88 bits per heavy atom. The molecular formula is C20H20N4. The summed E-state index contributed by atoms with van der Waals surface area (Å²) in [6.45, 7) is 1.68. The maximum absolute atomic E-state index is 9.09. The van der Waals surface area contributed by atoms with Crippen LogP contribution in [0.25, 0.3) is 11.4 Å². The highest BCUT2D eigenvalue weighted by atomic mass is 15.1. The fourth-order valence-electron chi connectivity index (χ4n) is 2.81. The minimum Gasteiger partial charge on any atom is -0.327 e. The van der Waals surface area contributed by atoms with Crippen molar-refractivity contribution in [2.75, 3.05) is 14.1 Å². The Balaban J connectivity index is 1.87. The number of imidazole rings is 1. The third-order valence-corrected chi connectivity index (χ3v) is 3.81. The Kier molecular flexibility index (Phi) is 4.74. The van der Waals surface area contributed by atoms with E-state index in [2.05, 4.69) is 58.9 Å². The van der Waals surface area contributed by atoms with E-state index in [0.717, 1.165) is 24.5 Å². The lowest BCUT2D eigenvalue weighted by Crippen LogP contribution is -2.11. The summed E-state index contributed by atoms with van der Waals surface area (Å²) in [7, 11) is 4.14. The Morgan fingerprint density at radius 1 is 1.08 bits per heavy atom. The molecule has 2 aromatic carbocycles. The standard InChI is InChI=1S/C20H20N4/c1-23(2)14-17-6-3-7-18(11-17)15-24-10-9-22-20(24)19-8-4-5-16(12-19)13-21/h3-12H,14-15H2,1-2H3. The first-order valence-corrected chi connectivity index (χ1v) is 7.90. The van der Waals surface area contributed by atoms with Crippen LogP contribution in [0, 0.1) is 11.3 Å². The lowest BCUT2D eigenvalue weighted by Gasteiger charge is -2.12. The SMILES string of the molecule is CN(C)Cc1cccc(Cn2ccnc2-c2cccc(C#N)c2)c1. The zero-order valence-electron chi connectivity index (χ0n) is 14.0. The predicted molar refractivity (Wildman–Crippen MR) is 95.3 cm³/mol. The van der Waals surface area contributed by atoms with Gasteiger partial charge in [0.1, 0.15) is 5.82 Å². The van der Waals surface area contributed by atoms with Crippen molar-refractivity contribution < 1.29 is 0 Å². The van der Waals surface area contributed by atoms with E-state index < -0.39 is 0 Å². The van der Waals surface area contributed by atoms with E-state index in [1.165, 1.54) is 11.1 Å². The first-order valence-electron chi connectivity index (χ1n) is 7.90. The van der Waals surface area contributed by atoms with Gasteiger partial charge in [-0.05, 0) is 37.4 Å². The van der Waals surface area contributed by atoms with Crippen LogP contribution >= 0.6 is 0 Å².